The van der Waals surface area contributed by atoms with Crippen molar-refractivity contribution in [2.75, 3.05) is 0 Å². The summed E-state index contributed by atoms with van der Waals surface area (Å²) in [5.74, 6) is 0. The Labute approximate surface area is 129 Å². The summed E-state index contributed by atoms with van der Waals surface area (Å²) in [5.41, 5.74) is 8.04. The van der Waals surface area contributed by atoms with E-state index >= 15 is 0 Å². The maximum absolute atomic E-state index is 10.3. The third-order valence-electron chi connectivity index (χ3n) is 3.00. The van der Waals surface area contributed by atoms with Gasteiger partial charge in [-0.05, 0) is 61.5 Å². The van der Waals surface area contributed by atoms with Crippen LogP contribution in [0, 0.1) is 0 Å². The highest BCUT2D eigenvalue weighted by Crippen LogP contribution is 2.27. The second kappa shape index (κ2) is 6.66. The Morgan fingerprint density at radius 2 is 1.68 bits per heavy atom. The summed E-state index contributed by atoms with van der Waals surface area (Å²) in [6, 6.07) is 15.3. The maximum atomic E-state index is 10.3. The second-order valence-electron chi connectivity index (χ2n) is 4.47. The summed E-state index contributed by atoms with van der Waals surface area (Å²) in [6.45, 7) is 0. The van der Waals surface area contributed by atoms with Gasteiger partial charge in [-0.3, -0.25) is 0 Å². The van der Waals surface area contributed by atoms with E-state index < -0.39 is 6.10 Å². The van der Waals surface area contributed by atoms with Crippen molar-refractivity contribution in [3.8, 4) is 0 Å². The van der Waals surface area contributed by atoms with E-state index in [-0.39, 0.29) is 6.04 Å². The molecule has 100 valence electrons. The summed E-state index contributed by atoms with van der Waals surface area (Å²) >= 11 is 6.84. The van der Waals surface area contributed by atoms with Crippen molar-refractivity contribution in [2.24, 2.45) is 5.73 Å². The molecular formula is C15H15Br2NO. The van der Waals surface area contributed by atoms with Crippen molar-refractivity contribution < 1.29 is 5.11 Å². The molecule has 0 aliphatic carbocycles. The van der Waals surface area contributed by atoms with E-state index in [0.717, 1.165) is 20.1 Å². The molecule has 0 aliphatic heterocycles. The topological polar surface area (TPSA) is 46.2 Å². The molecular weight excluding hydrogens is 370 g/mol. The fourth-order valence-electron chi connectivity index (χ4n) is 1.94. The predicted octanol–water partition coefficient (Wildman–Crippen LogP) is 3.82. The van der Waals surface area contributed by atoms with Crippen LogP contribution in [0.15, 0.2) is 57.5 Å². The third-order valence-corrected chi connectivity index (χ3v) is 4.88. The van der Waals surface area contributed by atoms with Gasteiger partial charge in [-0.15, -0.1) is 0 Å². The molecule has 2 unspecified atom stereocenters. The SMILES string of the molecule is NC(Cc1ccccc1)C(O)c1ccc(Br)c(Br)c1. The highest BCUT2D eigenvalue weighted by molar-refractivity contribution is 9.13. The summed E-state index contributed by atoms with van der Waals surface area (Å²) in [5, 5.41) is 10.3. The van der Waals surface area contributed by atoms with Crippen LogP contribution in [0.3, 0.4) is 0 Å². The molecule has 0 saturated heterocycles. The van der Waals surface area contributed by atoms with Crippen LogP contribution in [0.1, 0.15) is 17.2 Å². The van der Waals surface area contributed by atoms with Crippen molar-refractivity contribution >= 4 is 31.9 Å². The first-order valence-corrected chi connectivity index (χ1v) is 7.59. The first-order valence-electron chi connectivity index (χ1n) is 6.00. The molecule has 2 aromatic rings. The smallest absolute Gasteiger partial charge is 0.0944 e. The molecule has 2 nitrogen and oxygen atoms in total. The lowest BCUT2D eigenvalue weighted by atomic mass is 9.97. The molecule has 0 aliphatic rings. The van der Waals surface area contributed by atoms with Crippen molar-refractivity contribution in [2.45, 2.75) is 18.6 Å². The summed E-state index contributed by atoms with van der Waals surface area (Å²) in [7, 11) is 0. The lowest BCUT2D eigenvalue weighted by molar-refractivity contribution is 0.146. The Kier molecular flexibility index (Phi) is 5.16. The summed E-state index contributed by atoms with van der Waals surface area (Å²) in [4.78, 5) is 0. The average Bonchev–Trinajstić information content (AvgIpc) is 2.42. The summed E-state index contributed by atoms with van der Waals surface area (Å²) in [6.07, 6.45) is -0.0278. The van der Waals surface area contributed by atoms with Gasteiger partial charge >= 0.3 is 0 Å². The van der Waals surface area contributed by atoms with Gasteiger partial charge in [0.25, 0.3) is 0 Å². The van der Waals surface area contributed by atoms with E-state index in [4.69, 9.17) is 5.73 Å². The Morgan fingerprint density at radius 3 is 2.32 bits per heavy atom. The number of hydrogen-bond acceptors (Lipinski definition) is 2. The Hall–Kier alpha value is -0.680. The van der Waals surface area contributed by atoms with Crippen molar-refractivity contribution in [3.63, 3.8) is 0 Å². The Balaban J connectivity index is 2.10. The number of rotatable bonds is 4. The molecule has 2 atom stereocenters. The van der Waals surface area contributed by atoms with Gasteiger partial charge in [0.2, 0.25) is 0 Å². The van der Waals surface area contributed by atoms with E-state index in [9.17, 15) is 5.11 Å². The molecule has 0 radical (unpaired) electrons. The van der Waals surface area contributed by atoms with Crippen LogP contribution in [0.2, 0.25) is 0 Å². The zero-order chi connectivity index (χ0) is 13.8. The molecule has 0 bridgehead atoms. The van der Waals surface area contributed by atoms with Crippen molar-refractivity contribution in [1.29, 1.82) is 0 Å². The molecule has 0 spiro atoms. The first-order chi connectivity index (χ1) is 9.08. The lowest BCUT2D eigenvalue weighted by Crippen LogP contribution is -2.30. The van der Waals surface area contributed by atoms with E-state index in [1.165, 1.54) is 0 Å². The van der Waals surface area contributed by atoms with Gasteiger partial charge in [-0.2, -0.15) is 0 Å². The van der Waals surface area contributed by atoms with Crippen LogP contribution in [0.25, 0.3) is 0 Å². The fourth-order valence-corrected chi connectivity index (χ4v) is 2.58. The van der Waals surface area contributed by atoms with E-state index in [0.29, 0.717) is 6.42 Å². The molecule has 2 aromatic carbocycles. The first kappa shape index (κ1) is 14.7. The standard InChI is InChI=1S/C15H15Br2NO/c16-12-7-6-11(9-13(12)17)15(19)14(18)8-10-4-2-1-3-5-10/h1-7,9,14-15,19H,8,18H2. The number of hydrogen-bond donors (Lipinski definition) is 2. The minimum absolute atomic E-state index is 0.324. The zero-order valence-corrected chi connectivity index (χ0v) is 13.4. The number of nitrogens with two attached hydrogens (primary N) is 1. The van der Waals surface area contributed by atoms with Gasteiger partial charge in [-0.25, -0.2) is 0 Å². The van der Waals surface area contributed by atoms with Gasteiger partial charge < -0.3 is 10.8 Å². The zero-order valence-electron chi connectivity index (χ0n) is 10.3. The minimum Gasteiger partial charge on any atom is -0.387 e. The number of aliphatic hydroxyl groups is 1. The quantitative estimate of drug-likeness (QED) is 0.841. The van der Waals surface area contributed by atoms with Crippen LogP contribution >= 0.6 is 31.9 Å². The minimum atomic E-state index is -0.676. The Morgan fingerprint density at radius 1 is 1.00 bits per heavy atom. The largest absolute Gasteiger partial charge is 0.387 e. The van der Waals surface area contributed by atoms with Crippen LogP contribution < -0.4 is 5.73 Å². The predicted molar refractivity (Wildman–Crippen MR) is 84.9 cm³/mol. The summed E-state index contributed by atoms with van der Waals surface area (Å²) < 4.78 is 1.87. The van der Waals surface area contributed by atoms with Crippen LogP contribution in [0.4, 0.5) is 0 Å². The van der Waals surface area contributed by atoms with Crippen LogP contribution in [-0.2, 0) is 6.42 Å². The van der Waals surface area contributed by atoms with Crippen LogP contribution in [-0.4, -0.2) is 11.1 Å². The number of benzene rings is 2. The number of halogens is 2. The van der Waals surface area contributed by atoms with Gasteiger partial charge in [-0.1, -0.05) is 36.4 Å². The fraction of sp³-hybridized carbons (Fsp3) is 0.200. The van der Waals surface area contributed by atoms with Crippen molar-refractivity contribution in [1.82, 2.24) is 0 Å². The lowest BCUT2D eigenvalue weighted by Gasteiger charge is -2.19. The molecule has 0 heterocycles. The molecule has 0 amide bonds. The third kappa shape index (κ3) is 3.89. The molecule has 3 N–H and O–H groups in total. The highest BCUT2D eigenvalue weighted by Gasteiger charge is 2.18. The average molecular weight is 385 g/mol. The van der Waals surface area contributed by atoms with Gasteiger partial charge in [0.15, 0.2) is 0 Å². The molecule has 4 heteroatoms. The monoisotopic (exact) mass is 383 g/mol. The van der Waals surface area contributed by atoms with Crippen molar-refractivity contribution in [3.05, 3.63) is 68.6 Å². The molecule has 0 saturated carbocycles. The maximum Gasteiger partial charge on any atom is 0.0944 e. The molecule has 2 rings (SSSR count). The van der Waals surface area contributed by atoms with E-state index in [2.05, 4.69) is 31.9 Å². The van der Waals surface area contributed by atoms with Crippen LogP contribution in [0.5, 0.6) is 0 Å². The molecule has 19 heavy (non-hydrogen) atoms. The Bertz CT molecular complexity index is 545. The normalized spacial score (nSPS) is 14.1. The second-order valence-corrected chi connectivity index (χ2v) is 6.18. The van der Waals surface area contributed by atoms with Gasteiger partial charge in [0, 0.05) is 15.0 Å². The van der Waals surface area contributed by atoms with E-state index in [1.807, 2.05) is 48.5 Å². The van der Waals surface area contributed by atoms with E-state index in [1.54, 1.807) is 0 Å². The number of aliphatic hydroxyl groups excluding tert-OH is 1. The highest BCUT2D eigenvalue weighted by atomic mass is 79.9. The van der Waals surface area contributed by atoms with Gasteiger partial charge in [0.1, 0.15) is 0 Å². The molecule has 0 fully saturated rings. The molecule has 0 aromatic heterocycles. The van der Waals surface area contributed by atoms with Gasteiger partial charge in [0.05, 0.1) is 6.10 Å².